The monoisotopic (exact) mass is 388 g/mol. The Hall–Kier alpha value is -1.08. The minimum Gasteiger partial charge on any atom is -0.381 e. The summed E-state index contributed by atoms with van der Waals surface area (Å²) in [6.07, 6.45) is 0. The van der Waals surface area contributed by atoms with Crippen molar-refractivity contribution in [3.63, 3.8) is 0 Å². The Morgan fingerprint density at radius 2 is 2.00 bits per heavy atom. The molecule has 21 heavy (non-hydrogen) atoms. The van der Waals surface area contributed by atoms with Gasteiger partial charge in [0.05, 0.1) is 4.90 Å². The predicted molar refractivity (Wildman–Crippen MR) is 89.0 cm³/mol. The highest BCUT2D eigenvalue weighted by molar-refractivity contribution is 9.10. The number of hydrogen-bond donors (Lipinski definition) is 2. The maximum atomic E-state index is 11.5. The van der Waals surface area contributed by atoms with Gasteiger partial charge in [0.2, 0.25) is 10.0 Å². The molecule has 0 saturated carbocycles. The average molecular weight is 390 g/mol. The zero-order valence-corrected chi connectivity index (χ0v) is 14.4. The molecule has 112 valence electrons. The van der Waals surface area contributed by atoms with E-state index in [9.17, 15) is 8.42 Å². The standard InChI is InChI=1S/C14H14BrClN2O2S/c1-9-13(3-2-4-14(9)21(17,19)20)18-8-10-7-11(15)5-6-12(10)16/h2-7,18H,8H2,1H3,(H2,17,19,20). The fourth-order valence-electron chi connectivity index (χ4n) is 1.98. The molecule has 0 radical (unpaired) electrons. The lowest BCUT2D eigenvalue weighted by atomic mass is 10.1. The van der Waals surface area contributed by atoms with Crippen molar-refractivity contribution in [2.45, 2.75) is 18.4 Å². The van der Waals surface area contributed by atoms with Gasteiger partial charge in [0, 0.05) is 21.7 Å². The molecule has 0 atom stereocenters. The fourth-order valence-corrected chi connectivity index (χ4v) is 3.38. The Labute approximate surface area is 137 Å². The van der Waals surface area contributed by atoms with Crippen molar-refractivity contribution in [1.82, 2.24) is 0 Å². The zero-order chi connectivity index (χ0) is 15.6. The van der Waals surface area contributed by atoms with E-state index in [4.69, 9.17) is 16.7 Å². The summed E-state index contributed by atoms with van der Waals surface area (Å²) >= 11 is 9.52. The van der Waals surface area contributed by atoms with Crippen molar-refractivity contribution in [2.24, 2.45) is 5.14 Å². The number of anilines is 1. The van der Waals surface area contributed by atoms with Gasteiger partial charge in [0.25, 0.3) is 0 Å². The van der Waals surface area contributed by atoms with E-state index in [2.05, 4.69) is 21.2 Å². The van der Waals surface area contributed by atoms with Crippen LogP contribution in [-0.2, 0) is 16.6 Å². The number of primary sulfonamides is 1. The van der Waals surface area contributed by atoms with E-state index in [1.807, 2.05) is 12.1 Å². The summed E-state index contributed by atoms with van der Waals surface area (Å²) in [4.78, 5) is 0.118. The molecule has 0 unspecified atom stereocenters. The predicted octanol–water partition coefficient (Wildman–Crippen LogP) is 3.67. The van der Waals surface area contributed by atoms with Crippen molar-refractivity contribution in [3.8, 4) is 0 Å². The van der Waals surface area contributed by atoms with Crippen LogP contribution in [0, 0.1) is 6.92 Å². The first kappa shape index (κ1) is 16.3. The SMILES string of the molecule is Cc1c(NCc2cc(Br)ccc2Cl)cccc1S(N)(=O)=O. The summed E-state index contributed by atoms with van der Waals surface area (Å²) in [5.41, 5.74) is 2.20. The third-order valence-corrected chi connectivity index (χ3v) is 4.98. The molecule has 0 heterocycles. The number of benzene rings is 2. The molecule has 7 heteroatoms. The van der Waals surface area contributed by atoms with Crippen LogP contribution in [0.3, 0.4) is 0 Å². The van der Waals surface area contributed by atoms with Gasteiger partial charge in [-0.25, -0.2) is 13.6 Å². The van der Waals surface area contributed by atoms with Crippen LogP contribution >= 0.6 is 27.5 Å². The number of hydrogen-bond acceptors (Lipinski definition) is 3. The van der Waals surface area contributed by atoms with Gasteiger partial charge in [-0.1, -0.05) is 33.6 Å². The van der Waals surface area contributed by atoms with Crippen molar-refractivity contribution >= 4 is 43.2 Å². The molecule has 0 aliphatic heterocycles. The van der Waals surface area contributed by atoms with E-state index in [0.717, 1.165) is 10.0 Å². The zero-order valence-electron chi connectivity index (χ0n) is 11.2. The first-order chi connectivity index (χ1) is 9.79. The van der Waals surface area contributed by atoms with Crippen LogP contribution in [-0.4, -0.2) is 8.42 Å². The van der Waals surface area contributed by atoms with Gasteiger partial charge in [0.15, 0.2) is 0 Å². The van der Waals surface area contributed by atoms with E-state index < -0.39 is 10.0 Å². The molecule has 0 aliphatic rings. The number of nitrogens with one attached hydrogen (secondary N) is 1. The molecular formula is C14H14BrClN2O2S. The molecule has 0 bridgehead atoms. The highest BCUT2D eigenvalue weighted by Crippen LogP contribution is 2.25. The Bertz CT molecular complexity index is 779. The molecule has 2 aromatic carbocycles. The lowest BCUT2D eigenvalue weighted by molar-refractivity contribution is 0.597. The van der Waals surface area contributed by atoms with E-state index in [1.54, 1.807) is 25.1 Å². The number of sulfonamides is 1. The fraction of sp³-hybridized carbons (Fsp3) is 0.143. The summed E-state index contributed by atoms with van der Waals surface area (Å²) in [5, 5.41) is 9.02. The van der Waals surface area contributed by atoms with Gasteiger partial charge >= 0.3 is 0 Å². The third kappa shape index (κ3) is 3.97. The Balaban J connectivity index is 2.27. The van der Waals surface area contributed by atoms with Crippen LogP contribution in [0.4, 0.5) is 5.69 Å². The molecule has 0 saturated heterocycles. The lowest BCUT2D eigenvalue weighted by Gasteiger charge is -2.13. The number of rotatable bonds is 4. The Morgan fingerprint density at radius 1 is 1.29 bits per heavy atom. The summed E-state index contributed by atoms with van der Waals surface area (Å²) in [6, 6.07) is 10.5. The van der Waals surface area contributed by atoms with Crippen molar-refractivity contribution in [2.75, 3.05) is 5.32 Å². The van der Waals surface area contributed by atoms with Gasteiger partial charge in [-0.15, -0.1) is 0 Å². The normalized spacial score (nSPS) is 11.4. The molecule has 3 N–H and O–H groups in total. The van der Waals surface area contributed by atoms with Crippen LogP contribution in [0.2, 0.25) is 5.02 Å². The van der Waals surface area contributed by atoms with Gasteiger partial charge in [-0.2, -0.15) is 0 Å². The largest absolute Gasteiger partial charge is 0.381 e. The first-order valence-corrected chi connectivity index (χ1v) is 8.81. The van der Waals surface area contributed by atoms with Crippen molar-refractivity contribution in [1.29, 1.82) is 0 Å². The molecule has 2 aromatic rings. The summed E-state index contributed by atoms with van der Waals surface area (Å²) in [7, 11) is -3.73. The average Bonchev–Trinajstić information content (AvgIpc) is 2.40. The molecule has 0 amide bonds. The summed E-state index contributed by atoms with van der Waals surface area (Å²) < 4.78 is 23.9. The van der Waals surface area contributed by atoms with Crippen molar-refractivity contribution in [3.05, 3.63) is 57.0 Å². The molecule has 0 spiro atoms. The number of nitrogens with two attached hydrogens (primary N) is 1. The molecule has 0 aromatic heterocycles. The first-order valence-electron chi connectivity index (χ1n) is 6.09. The van der Waals surface area contributed by atoms with Crippen LogP contribution < -0.4 is 10.5 Å². The number of halogens is 2. The van der Waals surface area contributed by atoms with Crippen LogP contribution in [0.15, 0.2) is 45.8 Å². The Kier molecular flexibility index (Phi) is 4.93. The van der Waals surface area contributed by atoms with Gasteiger partial charge in [0.1, 0.15) is 0 Å². The van der Waals surface area contributed by atoms with Gasteiger partial charge < -0.3 is 5.32 Å². The van der Waals surface area contributed by atoms with E-state index in [-0.39, 0.29) is 4.90 Å². The van der Waals surface area contributed by atoms with E-state index >= 15 is 0 Å². The van der Waals surface area contributed by atoms with E-state index in [1.165, 1.54) is 6.07 Å². The minimum atomic E-state index is -3.73. The summed E-state index contributed by atoms with van der Waals surface area (Å²) in [5.74, 6) is 0. The van der Waals surface area contributed by atoms with Crippen LogP contribution in [0.25, 0.3) is 0 Å². The molecule has 4 nitrogen and oxygen atoms in total. The van der Waals surface area contributed by atoms with Crippen molar-refractivity contribution < 1.29 is 8.42 Å². The third-order valence-electron chi connectivity index (χ3n) is 3.07. The van der Waals surface area contributed by atoms with E-state index in [0.29, 0.717) is 22.8 Å². The molecular weight excluding hydrogens is 376 g/mol. The lowest BCUT2D eigenvalue weighted by Crippen LogP contribution is -2.14. The second kappa shape index (κ2) is 6.36. The highest BCUT2D eigenvalue weighted by atomic mass is 79.9. The summed E-state index contributed by atoms with van der Waals surface area (Å²) in [6.45, 7) is 2.19. The highest BCUT2D eigenvalue weighted by Gasteiger charge is 2.13. The van der Waals surface area contributed by atoms with Crippen LogP contribution in [0.5, 0.6) is 0 Å². The molecule has 0 aliphatic carbocycles. The second-order valence-corrected chi connectivity index (χ2v) is 7.42. The maximum absolute atomic E-state index is 11.5. The maximum Gasteiger partial charge on any atom is 0.238 e. The topological polar surface area (TPSA) is 72.2 Å². The smallest absolute Gasteiger partial charge is 0.238 e. The van der Waals surface area contributed by atoms with Gasteiger partial charge in [-0.3, -0.25) is 0 Å². The Morgan fingerprint density at radius 3 is 2.67 bits per heavy atom. The van der Waals surface area contributed by atoms with Gasteiger partial charge in [-0.05, 0) is 48.4 Å². The molecule has 0 fully saturated rings. The minimum absolute atomic E-state index is 0.118. The van der Waals surface area contributed by atoms with Crippen LogP contribution in [0.1, 0.15) is 11.1 Å². The molecule has 2 rings (SSSR count). The second-order valence-electron chi connectivity index (χ2n) is 4.56. The quantitative estimate of drug-likeness (QED) is 0.838.